The second kappa shape index (κ2) is 7.83. The highest BCUT2D eigenvalue weighted by Crippen LogP contribution is 2.18. The van der Waals surface area contributed by atoms with Crippen LogP contribution in [0.5, 0.6) is 5.75 Å². The average Bonchev–Trinajstić information content (AvgIpc) is 2.67. The zero-order valence-corrected chi connectivity index (χ0v) is 14.2. The molecule has 25 heavy (non-hydrogen) atoms. The van der Waals surface area contributed by atoms with Crippen molar-refractivity contribution >= 4 is 11.6 Å². The fraction of sp³-hybridized carbons (Fsp3) is 0.333. The Labute approximate surface area is 146 Å². The summed E-state index contributed by atoms with van der Waals surface area (Å²) in [7, 11) is 1.63. The lowest BCUT2D eigenvalue weighted by Gasteiger charge is -2.36. The van der Waals surface area contributed by atoms with Crippen molar-refractivity contribution in [3.8, 4) is 5.75 Å². The summed E-state index contributed by atoms with van der Waals surface area (Å²) >= 11 is 0. The number of methoxy groups -OCH3 is 1. The van der Waals surface area contributed by atoms with Crippen LogP contribution in [0.3, 0.4) is 0 Å². The fourth-order valence-corrected chi connectivity index (χ4v) is 2.84. The number of hydrogen-bond acceptors (Lipinski definition) is 4. The molecule has 7 heteroatoms. The van der Waals surface area contributed by atoms with Crippen molar-refractivity contribution in [2.24, 2.45) is 10.7 Å². The number of aliphatic imine (C=N–C) groups is 1. The predicted molar refractivity (Wildman–Crippen MR) is 96.3 cm³/mol. The Kier molecular flexibility index (Phi) is 5.33. The van der Waals surface area contributed by atoms with E-state index in [0.29, 0.717) is 12.5 Å². The molecular weight excluding hydrogens is 321 g/mol. The lowest BCUT2D eigenvalue weighted by molar-refractivity contribution is 0.380. The summed E-state index contributed by atoms with van der Waals surface area (Å²) in [6.45, 7) is 3.62. The second-order valence-electron chi connectivity index (χ2n) is 5.81. The van der Waals surface area contributed by atoms with E-state index in [1.807, 2.05) is 6.07 Å². The molecule has 6 nitrogen and oxygen atoms in total. The Bertz CT molecular complexity index is 727. The maximum Gasteiger partial charge on any atom is 0.191 e. The number of anilines is 1. The molecule has 0 spiro atoms. The number of aromatic nitrogens is 1. The number of piperazine rings is 1. The van der Waals surface area contributed by atoms with E-state index in [2.05, 4.69) is 19.8 Å². The number of benzene rings is 1. The topological polar surface area (TPSA) is 67.0 Å². The van der Waals surface area contributed by atoms with Gasteiger partial charge in [0.05, 0.1) is 13.7 Å². The van der Waals surface area contributed by atoms with Gasteiger partial charge < -0.3 is 20.3 Å². The highest BCUT2D eigenvalue weighted by atomic mass is 19.1. The molecule has 0 amide bonds. The Morgan fingerprint density at radius 3 is 2.60 bits per heavy atom. The first-order chi connectivity index (χ1) is 12.2. The first kappa shape index (κ1) is 17.0. The SMILES string of the molecule is COc1ccncc1CN=C(N)N1CCN(c2ccc(F)cc2)CC1. The molecule has 2 aromatic rings. The number of halogens is 1. The van der Waals surface area contributed by atoms with Gasteiger partial charge in [0.15, 0.2) is 5.96 Å². The molecule has 1 saturated heterocycles. The van der Waals surface area contributed by atoms with E-state index in [1.165, 1.54) is 12.1 Å². The molecule has 1 fully saturated rings. The number of nitrogens with two attached hydrogens (primary N) is 1. The highest BCUT2D eigenvalue weighted by Gasteiger charge is 2.18. The van der Waals surface area contributed by atoms with E-state index in [1.54, 1.807) is 31.6 Å². The van der Waals surface area contributed by atoms with Gasteiger partial charge in [0, 0.05) is 49.8 Å². The molecule has 3 rings (SSSR count). The molecule has 2 heterocycles. The summed E-state index contributed by atoms with van der Waals surface area (Å²) in [4.78, 5) is 12.8. The van der Waals surface area contributed by atoms with Crippen molar-refractivity contribution in [3.05, 3.63) is 54.1 Å². The quantitative estimate of drug-likeness (QED) is 0.678. The number of nitrogens with zero attached hydrogens (tertiary/aromatic N) is 4. The highest BCUT2D eigenvalue weighted by molar-refractivity contribution is 5.78. The van der Waals surface area contributed by atoms with E-state index in [-0.39, 0.29) is 5.82 Å². The maximum absolute atomic E-state index is 13.0. The van der Waals surface area contributed by atoms with Crippen LogP contribution in [0.15, 0.2) is 47.7 Å². The minimum Gasteiger partial charge on any atom is -0.496 e. The third-order valence-electron chi connectivity index (χ3n) is 4.29. The molecule has 0 atom stereocenters. The number of rotatable bonds is 4. The molecule has 1 aromatic carbocycles. The third-order valence-corrected chi connectivity index (χ3v) is 4.29. The summed E-state index contributed by atoms with van der Waals surface area (Å²) in [6, 6.07) is 8.38. The lowest BCUT2D eigenvalue weighted by atomic mass is 10.2. The van der Waals surface area contributed by atoms with Crippen molar-refractivity contribution in [2.75, 3.05) is 38.2 Å². The van der Waals surface area contributed by atoms with Gasteiger partial charge in [0.25, 0.3) is 0 Å². The number of pyridine rings is 1. The van der Waals surface area contributed by atoms with Crippen LogP contribution in [-0.2, 0) is 6.54 Å². The van der Waals surface area contributed by atoms with E-state index >= 15 is 0 Å². The Morgan fingerprint density at radius 1 is 1.20 bits per heavy atom. The van der Waals surface area contributed by atoms with E-state index < -0.39 is 0 Å². The van der Waals surface area contributed by atoms with Crippen LogP contribution in [0.2, 0.25) is 0 Å². The molecule has 132 valence electrons. The first-order valence-corrected chi connectivity index (χ1v) is 8.19. The van der Waals surface area contributed by atoms with Gasteiger partial charge in [-0.05, 0) is 30.3 Å². The van der Waals surface area contributed by atoms with Gasteiger partial charge in [0.1, 0.15) is 11.6 Å². The van der Waals surface area contributed by atoms with Crippen molar-refractivity contribution in [1.29, 1.82) is 0 Å². The first-order valence-electron chi connectivity index (χ1n) is 8.19. The van der Waals surface area contributed by atoms with E-state index in [0.717, 1.165) is 43.2 Å². The van der Waals surface area contributed by atoms with Gasteiger partial charge in [-0.1, -0.05) is 0 Å². The monoisotopic (exact) mass is 343 g/mol. The van der Waals surface area contributed by atoms with Crippen LogP contribution in [0, 0.1) is 5.82 Å². The normalized spacial score (nSPS) is 15.4. The van der Waals surface area contributed by atoms with Gasteiger partial charge in [-0.25, -0.2) is 9.38 Å². The Hall–Kier alpha value is -2.83. The van der Waals surface area contributed by atoms with Crippen LogP contribution in [-0.4, -0.2) is 49.1 Å². The Morgan fingerprint density at radius 2 is 1.92 bits per heavy atom. The van der Waals surface area contributed by atoms with Crippen molar-refractivity contribution in [2.45, 2.75) is 6.54 Å². The molecule has 1 aliphatic rings. The minimum atomic E-state index is -0.218. The zero-order valence-electron chi connectivity index (χ0n) is 14.2. The van der Waals surface area contributed by atoms with E-state index in [9.17, 15) is 4.39 Å². The van der Waals surface area contributed by atoms with Gasteiger partial charge in [-0.3, -0.25) is 4.98 Å². The summed E-state index contributed by atoms with van der Waals surface area (Å²) in [5, 5.41) is 0. The van der Waals surface area contributed by atoms with Crippen molar-refractivity contribution < 1.29 is 9.13 Å². The van der Waals surface area contributed by atoms with Crippen molar-refractivity contribution in [1.82, 2.24) is 9.88 Å². The van der Waals surface area contributed by atoms with Gasteiger partial charge in [0.2, 0.25) is 0 Å². The summed E-state index contributed by atoms with van der Waals surface area (Å²) < 4.78 is 18.3. The van der Waals surface area contributed by atoms with Crippen LogP contribution in [0.1, 0.15) is 5.56 Å². The van der Waals surface area contributed by atoms with Crippen LogP contribution in [0.4, 0.5) is 10.1 Å². The number of ether oxygens (including phenoxy) is 1. The molecular formula is C18H22FN5O. The largest absolute Gasteiger partial charge is 0.496 e. The van der Waals surface area contributed by atoms with Gasteiger partial charge in [-0.15, -0.1) is 0 Å². The lowest BCUT2D eigenvalue weighted by Crippen LogP contribution is -2.51. The molecule has 2 N–H and O–H groups in total. The van der Waals surface area contributed by atoms with Gasteiger partial charge >= 0.3 is 0 Å². The summed E-state index contributed by atoms with van der Waals surface area (Å²) in [5.74, 6) is 1.06. The fourth-order valence-electron chi connectivity index (χ4n) is 2.84. The summed E-state index contributed by atoms with van der Waals surface area (Å²) in [6.07, 6.45) is 3.42. The number of guanidine groups is 1. The molecule has 0 bridgehead atoms. The summed E-state index contributed by atoms with van der Waals surface area (Å²) in [5.41, 5.74) is 8.06. The van der Waals surface area contributed by atoms with E-state index in [4.69, 9.17) is 10.5 Å². The van der Waals surface area contributed by atoms with Crippen LogP contribution >= 0.6 is 0 Å². The van der Waals surface area contributed by atoms with Gasteiger partial charge in [-0.2, -0.15) is 0 Å². The second-order valence-corrected chi connectivity index (χ2v) is 5.81. The third kappa shape index (κ3) is 4.17. The van der Waals surface area contributed by atoms with Crippen molar-refractivity contribution in [3.63, 3.8) is 0 Å². The molecule has 0 saturated carbocycles. The minimum absolute atomic E-state index is 0.218. The zero-order chi connectivity index (χ0) is 17.6. The van der Waals surface area contributed by atoms with Crippen LogP contribution < -0.4 is 15.4 Å². The average molecular weight is 343 g/mol. The maximum atomic E-state index is 13.0. The van der Waals surface area contributed by atoms with Crippen LogP contribution in [0.25, 0.3) is 0 Å². The Balaban J connectivity index is 1.57. The molecule has 0 radical (unpaired) electrons. The standard InChI is InChI=1S/C18H22FN5O/c1-25-17-6-7-21-12-14(17)13-22-18(20)24-10-8-23(9-11-24)16-4-2-15(19)3-5-16/h2-7,12H,8-11,13H2,1H3,(H2,20,22). The predicted octanol–water partition coefficient (Wildman–Crippen LogP) is 1.87. The molecule has 0 unspecified atom stereocenters. The smallest absolute Gasteiger partial charge is 0.191 e. The number of hydrogen-bond donors (Lipinski definition) is 1. The molecule has 0 aliphatic carbocycles. The molecule has 1 aliphatic heterocycles. The molecule has 1 aromatic heterocycles.